The zero-order valence-electron chi connectivity index (χ0n) is 15.4. The third kappa shape index (κ3) is 7.40. The predicted molar refractivity (Wildman–Crippen MR) is 110 cm³/mol. The van der Waals surface area contributed by atoms with Crippen molar-refractivity contribution in [2.24, 2.45) is 0 Å². The van der Waals surface area contributed by atoms with E-state index in [9.17, 15) is 0 Å². The van der Waals surface area contributed by atoms with Gasteiger partial charge in [-0.2, -0.15) is 23.3 Å². The Labute approximate surface area is 161 Å². The fourth-order valence-electron chi connectivity index (χ4n) is 2.24. The van der Waals surface area contributed by atoms with Crippen molar-refractivity contribution in [3.05, 3.63) is 70.8 Å². The Balaban J connectivity index is 0.000000194. The van der Waals surface area contributed by atoms with Crippen LogP contribution in [0.15, 0.2) is 48.5 Å². The molecular weight excluding hydrogens is 430 g/mol. The molecule has 0 nitrogen and oxygen atoms in total. The van der Waals surface area contributed by atoms with Crippen LogP contribution in [0.4, 0.5) is 0 Å². The van der Waals surface area contributed by atoms with Crippen LogP contribution in [-0.2, 0) is 18.0 Å². The van der Waals surface area contributed by atoms with E-state index in [2.05, 4.69) is 89.3 Å². The number of fused-ring (bicyclic) bond motifs is 1. The minimum atomic E-state index is -1.65. The summed E-state index contributed by atoms with van der Waals surface area (Å²) in [5, 5.41) is 2.76. The van der Waals surface area contributed by atoms with Gasteiger partial charge >= 0.3 is 53.5 Å². The standard InChI is InChI=1S/C11H11.C7H9.C2H6Si.2ClH.Zr/c1-8-7-10-5-3-4-6-11(10)9(8)2;1-6-3-4-7(2)5-6;1-3-2;;;/h3-7H,1-2H3;3-5H,1-2H3;1-2H3;2*1H;/q2*-1;;;;+2/p-2. The summed E-state index contributed by atoms with van der Waals surface area (Å²) >= 11 is -1.65. The van der Waals surface area contributed by atoms with Crippen molar-refractivity contribution in [2.45, 2.75) is 40.8 Å². The van der Waals surface area contributed by atoms with E-state index in [1.165, 1.54) is 33.0 Å². The second-order valence-corrected chi connectivity index (χ2v) is 29.2. The van der Waals surface area contributed by atoms with E-state index in [1.54, 1.807) is 0 Å². The van der Waals surface area contributed by atoms with Gasteiger partial charge in [0.25, 0.3) is 0 Å². The molecule has 3 aromatic rings. The predicted octanol–water partition coefficient (Wildman–Crippen LogP) is 7.36. The van der Waals surface area contributed by atoms with Crippen molar-refractivity contribution in [3.63, 3.8) is 0 Å². The Kier molecular flexibility index (Phi) is 9.82. The van der Waals surface area contributed by atoms with E-state index in [1.807, 2.05) is 0 Å². The van der Waals surface area contributed by atoms with Gasteiger partial charge in [0.15, 0.2) is 0 Å². The first kappa shape index (κ1) is 21.9. The number of benzene rings is 1. The van der Waals surface area contributed by atoms with Gasteiger partial charge in [-0.25, -0.2) is 11.6 Å². The van der Waals surface area contributed by atoms with Gasteiger partial charge in [-0.3, -0.25) is 0 Å². The van der Waals surface area contributed by atoms with Crippen molar-refractivity contribution in [1.82, 2.24) is 0 Å². The van der Waals surface area contributed by atoms with Crippen molar-refractivity contribution in [3.8, 4) is 0 Å². The third-order valence-corrected chi connectivity index (χ3v) is 23.5. The molecule has 0 atom stereocenters. The van der Waals surface area contributed by atoms with Gasteiger partial charge in [0, 0.05) is 0 Å². The minimum absolute atomic E-state index is 0.224. The summed E-state index contributed by atoms with van der Waals surface area (Å²) in [7, 11) is 11.2. The maximum Gasteiger partial charge on any atom is -0.0576 e. The summed E-state index contributed by atoms with van der Waals surface area (Å²) in [4.78, 5) is 0. The SMILES string of the molecule is C[Si](C)=[Zr]([Cl])[Cl].Cc1[cH-]c2ccccc2c1C.Cc1c[cH-]c(C)c1. The number of halogens is 2. The molecule has 3 rings (SSSR count). The van der Waals surface area contributed by atoms with Gasteiger partial charge in [0.1, 0.15) is 0 Å². The first-order valence-corrected chi connectivity index (χ1v) is 20.5. The Morgan fingerprint density at radius 1 is 1.00 bits per heavy atom. The fourth-order valence-corrected chi connectivity index (χ4v) is 2.24. The zero-order valence-corrected chi connectivity index (χ0v) is 20.3. The summed E-state index contributed by atoms with van der Waals surface area (Å²) in [5.41, 5.74) is 5.31. The average molecular weight is 457 g/mol. The Morgan fingerprint density at radius 3 is 1.96 bits per heavy atom. The Morgan fingerprint density at radius 2 is 1.58 bits per heavy atom. The third-order valence-electron chi connectivity index (χ3n) is 3.77. The summed E-state index contributed by atoms with van der Waals surface area (Å²) < 4.78 is 0. The van der Waals surface area contributed by atoms with Crippen LogP contribution in [0, 0.1) is 27.7 Å². The minimum Gasteiger partial charge on any atom is -0.208 e. The van der Waals surface area contributed by atoms with Crippen LogP contribution in [0.3, 0.4) is 0 Å². The molecule has 0 aliphatic carbocycles. The fraction of sp³-hybridized carbons (Fsp3) is 0.300. The van der Waals surface area contributed by atoms with Gasteiger partial charge in [-0.05, 0) is 0 Å². The van der Waals surface area contributed by atoms with Gasteiger partial charge in [0.05, 0.1) is 0 Å². The Hall–Kier alpha value is -0.140. The van der Waals surface area contributed by atoms with Crippen LogP contribution in [0.2, 0.25) is 13.1 Å². The monoisotopic (exact) mass is 454 g/mol. The average Bonchev–Trinajstić information content (AvgIpc) is 3.04. The molecule has 0 saturated carbocycles. The number of rotatable bonds is 0. The van der Waals surface area contributed by atoms with Crippen molar-refractivity contribution in [1.29, 1.82) is 0 Å². The second-order valence-electron chi connectivity index (χ2n) is 6.27. The van der Waals surface area contributed by atoms with Crippen LogP contribution in [-0.4, -0.2) is 5.43 Å². The molecule has 24 heavy (non-hydrogen) atoms. The molecule has 0 aliphatic heterocycles. The van der Waals surface area contributed by atoms with E-state index < -0.39 is 18.0 Å². The molecular formula is C20H26Cl2SiZr-2. The molecule has 0 heterocycles. The maximum atomic E-state index is 5.62. The van der Waals surface area contributed by atoms with Crippen LogP contribution in [0.1, 0.15) is 22.3 Å². The van der Waals surface area contributed by atoms with Crippen molar-refractivity contribution < 1.29 is 18.0 Å². The summed E-state index contributed by atoms with van der Waals surface area (Å²) in [6.45, 7) is 12.9. The molecule has 0 radical (unpaired) electrons. The first-order chi connectivity index (χ1) is 11.2. The van der Waals surface area contributed by atoms with Gasteiger partial charge in [-0.15, -0.1) is 40.6 Å². The van der Waals surface area contributed by atoms with E-state index in [4.69, 9.17) is 17.0 Å². The molecule has 0 bridgehead atoms. The van der Waals surface area contributed by atoms with Crippen molar-refractivity contribution in [2.75, 3.05) is 0 Å². The van der Waals surface area contributed by atoms with E-state index in [0.717, 1.165) is 0 Å². The summed E-state index contributed by atoms with van der Waals surface area (Å²) in [5.74, 6) is 0. The van der Waals surface area contributed by atoms with Crippen molar-refractivity contribution >= 4 is 33.2 Å². The molecule has 0 unspecified atom stereocenters. The molecule has 4 heteroatoms. The molecule has 0 aliphatic rings. The molecule has 0 spiro atoms. The summed E-state index contributed by atoms with van der Waals surface area (Å²) in [6, 6.07) is 17.2. The number of aryl methyl sites for hydroxylation is 4. The van der Waals surface area contributed by atoms with Crippen LogP contribution >= 0.6 is 17.0 Å². The van der Waals surface area contributed by atoms with Crippen LogP contribution in [0.25, 0.3) is 10.8 Å². The molecule has 0 fully saturated rings. The second kappa shape index (κ2) is 10.8. The van der Waals surface area contributed by atoms with Gasteiger partial charge in [0.2, 0.25) is 0 Å². The molecule has 130 valence electrons. The normalized spacial score (nSPS) is 9.67. The maximum absolute atomic E-state index is 5.62. The van der Waals surface area contributed by atoms with Crippen LogP contribution in [0.5, 0.6) is 0 Å². The molecule has 0 N–H and O–H groups in total. The molecule has 0 saturated heterocycles. The number of hydrogen-bond acceptors (Lipinski definition) is 0. The van der Waals surface area contributed by atoms with Gasteiger partial charge in [-0.1, -0.05) is 33.8 Å². The Bertz CT molecular complexity index is 778. The zero-order chi connectivity index (χ0) is 18.3. The van der Waals surface area contributed by atoms with Crippen LogP contribution < -0.4 is 0 Å². The molecule has 3 aromatic carbocycles. The largest absolute Gasteiger partial charge is 0.208 e. The van der Waals surface area contributed by atoms with Gasteiger partial charge < -0.3 is 0 Å². The quantitative estimate of drug-likeness (QED) is 0.245. The van der Waals surface area contributed by atoms with E-state index in [-0.39, 0.29) is 5.43 Å². The topological polar surface area (TPSA) is 0 Å². The van der Waals surface area contributed by atoms with E-state index >= 15 is 0 Å². The van der Waals surface area contributed by atoms with E-state index in [0.29, 0.717) is 0 Å². The first-order valence-electron chi connectivity index (χ1n) is 8.02. The number of hydrogen-bond donors (Lipinski definition) is 0. The smallest absolute Gasteiger partial charge is 0.0576 e. The molecule has 0 amide bonds. The molecule has 0 aromatic heterocycles. The summed E-state index contributed by atoms with van der Waals surface area (Å²) in [6.07, 6.45) is 0.